The monoisotopic (exact) mass is 348 g/mol. The summed E-state index contributed by atoms with van der Waals surface area (Å²) in [5.41, 5.74) is 3.37. The van der Waals surface area contributed by atoms with Crippen LogP contribution in [0.25, 0.3) is 11.4 Å². The van der Waals surface area contributed by atoms with Gasteiger partial charge in [0.15, 0.2) is 5.82 Å². The van der Waals surface area contributed by atoms with E-state index < -0.39 is 21.0 Å². The normalized spacial score (nSPS) is 15.1. The summed E-state index contributed by atoms with van der Waals surface area (Å²) in [6, 6.07) is 5.95. The van der Waals surface area contributed by atoms with Crippen LogP contribution in [-0.2, 0) is 27.5 Å². The topological polar surface area (TPSA) is 96.0 Å². The largest absolute Gasteiger partial charge is 0.348 e. The Morgan fingerprint density at radius 1 is 1.25 bits per heavy atom. The third-order valence-electron chi connectivity index (χ3n) is 4.35. The van der Waals surface area contributed by atoms with E-state index in [1.54, 1.807) is 0 Å². The fraction of sp³-hybridized carbons (Fsp3) is 0.438. The zero-order chi connectivity index (χ0) is 17.5. The Labute approximate surface area is 141 Å². The molecular formula is C16H20N4O3S. The molecule has 2 aromatic rings. The summed E-state index contributed by atoms with van der Waals surface area (Å²) < 4.78 is 25.1. The molecule has 0 unspecified atom stereocenters. The number of aryl methyl sites for hydroxylation is 2. The van der Waals surface area contributed by atoms with Gasteiger partial charge < -0.3 is 4.90 Å². The van der Waals surface area contributed by atoms with Gasteiger partial charge in [-0.25, -0.2) is 13.5 Å². The number of carbonyl (C=O) groups is 1. The highest BCUT2D eigenvalue weighted by Crippen LogP contribution is 2.27. The SMILES string of the molecule is C[C@H](C(=O)N(C)C)S(=O)(=O)c1nc(-c2ccc3c(c2)CCC3)n[nH]1. The van der Waals surface area contributed by atoms with Crippen molar-refractivity contribution in [1.82, 2.24) is 20.1 Å². The maximum Gasteiger partial charge on any atom is 0.244 e. The first kappa shape index (κ1) is 16.6. The summed E-state index contributed by atoms with van der Waals surface area (Å²) in [5, 5.41) is 5.00. The molecule has 7 nitrogen and oxygen atoms in total. The van der Waals surface area contributed by atoms with E-state index in [2.05, 4.69) is 15.2 Å². The highest BCUT2D eigenvalue weighted by molar-refractivity contribution is 7.92. The van der Waals surface area contributed by atoms with Crippen molar-refractivity contribution < 1.29 is 13.2 Å². The van der Waals surface area contributed by atoms with Gasteiger partial charge in [-0.2, -0.15) is 10.1 Å². The van der Waals surface area contributed by atoms with Crippen molar-refractivity contribution in [3.8, 4) is 11.4 Å². The van der Waals surface area contributed by atoms with Crippen LogP contribution >= 0.6 is 0 Å². The zero-order valence-electron chi connectivity index (χ0n) is 13.9. The van der Waals surface area contributed by atoms with Crippen molar-refractivity contribution >= 4 is 15.7 Å². The number of aromatic amines is 1. The van der Waals surface area contributed by atoms with Crippen molar-refractivity contribution in [3.63, 3.8) is 0 Å². The molecule has 1 N–H and O–H groups in total. The number of nitrogens with zero attached hydrogens (tertiary/aromatic N) is 3. The Morgan fingerprint density at radius 3 is 2.67 bits per heavy atom. The predicted molar refractivity (Wildman–Crippen MR) is 89.2 cm³/mol. The van der Waals surface area contributed by atoms with Crippen LogP contribution in [0.4, 0.5) is 0 Å². The Hall–Kier alpha value is -2.22. The number of fused-ring (bicyclic) bond motifs is 1. The number of aromatic nitrogens is 3. The van der Waals surface area contributed by atoms with E-state index in [4.69, 9.17) is 0 Å². The van der Waals surface area contributed by atoms with Gasteiger partial charge in [0.25, 0.3) is 0 Å². The molecule has 1 aliphatic carbocycles. The number of sulfone groups is 1. The second-order valence-corrected chi connectivity index (χ2v) is 8.40. The van der Waals surface area contributed by atoms with Crippen LogP contribution in [0.15, 0.2) is 23.4 Å². The number of carbonyl (C=O) groups excluding carboxylic acids is 1. The van der Waals surface area contributed by atoms with E-state index in [0.717, 1.165) is 24.8 Å². The molecule has 0 saturated heterocycles. The number of hydrogen-bond acceptors (Lipinski definition) is 5. The molecule has 0 spiro atoms. The van der Waals surface area contributed by atoms with Crippen LogP contribution in [0.2, 0.25) is 0 Å². The lowest BCUT2D eigenvalue weighted by Gasteiger charge is -2.15. The molecule has 1 atom stereocenters. The summed E-state index contributed by atoms with van der Waals surface area (Å²) in [6.07, 6.45) is 3.23. The third-order valence-corrected chi connectivity index (χ3v) is 6.20. The molecule has 24 heavy (non-hydrogen) atoms. The van der Waals surface area contributed by atoms with Crippen molar-refractivity contribution in [2.75, 3.05) is 14.1 Å². The number of hydrogen-bond donors (Lipinski definition) is 1. The number of H-pyrrole nitrogens is 1. The fourth-order valence-electron chi connectivity index (χ4n) is 2.88. The Bertz CT molecular complexity index is 886. The molecule has 0 bridgehead atoms. The first-order chi connectivity index (χ1) is 11.3. The molecular weight excluding hydrogens is 328 g/mol. The van der Waals surface area contributed by atoms with Gasteiger partial charge in [-0.1, -0.05) is 12.1 Å². The van der Waals surface area contributed by atoms with Crippen molar-refractivity contribution in [2.24, 2.45) is 0 Å². The molecule has 1 heterocycles. The van der Waals surface area contributed by atoms with Gasteiger partial charge in [0, 0.05) is 19.7 Å². The van der Waals surface area contributed by atoms with Crippen molar-refractivity contribution in [1.29, 1.82) is 0 Å². The molecule has 0 fully saturated rings. The molecule has 3 rings (SSSR count). The Kier molecular flexibility index (Phi) is 4.16. The summed E-state index contributed by atoms with van der Waals surface area (Å²) in [4.78, 5) is 17.3. The minimum atomic E-state index is -3.90. The summed E-state index contributed by atoms with van der Waals surface area (Å²) in [7, 11) is -0.865. The molecule has 1 aromatic heterocycles. The van der Waals surface area contributed by atoms with Gasteiger partial charge in [-0.05, 0) is 43.4 Å². The van der Waals surface area contributed by atoms with Crippen molar-refractivity contribution in [3.05, 3.63) is 29.3 Å². The maximum absolute atomic E-state index is 12.5. The van der Waals surface area contributed by atoms with E-state index in [9.17, 15) is 13.2 Å². The second-order valence-electron chi connectivity index (χ2n) is 6.22. The number of nitrogens with one attached hydrogen (secondary N) is 1. The van der Waals surface area contributed by atoms with E-state index in [1.165, 1.54) is 37.0 Å². The molecule has 0 aliphatic heterocycles. The summed E-state index contributed by atoms with van der Waals surface area (Å²) in [5.74, 6) is -0.168. The molecule has 8 heteroatoms. The van der Waals surface area contributed by atoms with E-state index >= 15 is 0 Å². The molecule has 0 saturated carbocycles. The summed E-state index contributed by atoms with van der Waals surface area (Å²) in [6.45, 7) is 1.36. The van der Waals surface area contributed by atoms with E-state index in [0.29, 0.717) is 5.82 Å². The lowest BCUT2D eigenvalue weighted by molar-refractivity contribution is -0.127. The summed E-state index contributed by atoms with van der Waals surface area (Å²) >= 11 is 0. The molecule has 1 amide bonds. The molecule has 0 radical (unpaired) electrons. The first-order valence-electron chi connectivity index (χ1n) is 7.80. The fourth-order valence-corrected chi connectivity index (χ4v) is 4.08. The number of amides is 1. The first-order valence-corrected chi connectivity index (χ1v) is 9.35. The molecule has 128 valence electrons. The minimum absolute atomic E-state index is 0.277. The van der Waals surface area contributed by atoms with Gasteiger partial charge in [-0.3, -0.25) is 4.79 Å². The predicted octanol–water partition coefficient (Wildman–Crippen LogP) is 1.21. The van der Waals surface area contributed by atoms with Crippen LogP contribution in [0.5, 0.6) is 0 Å². The van der Waals surface area contributed by atoms with Crippen LogP contribution in [0, 0.1) is 0 Å². The average molecular weight is 348 g/mol. The number of rotatable bonds is 4. The van der Waals surface area contributed by atoms with Crippen molar-refractivity contribution in [2.45, 2.75) is 36.6 Å². The quantitative estimate of drug-likeness (QED) is 0.896. The maximum atomic E-state index is 12.5. The lowest BCUT2D eigenvalue weighted by Crippen LogP contribution is -2.37. The molecule has 1 aliphatic rings. The van der Waals surface area contributed by atoms with Crippen LogP contribution < -0.4 is 0 Å². The standard InChI is InChI=1S/C16H20N4O3S/c1-10(15(21)20(2)3)24(22,23)16-17-14(18-19-16)13-8-7-11-5-4-6-12(11)9-13/h7-10H,4-6H2,1-3H3,(H,17,18,19)/t10-/m1/s1. The van der Waals surface area contributed by atoms with E-state index in [-0.39, 0.29) is 5.16 Å². The smallest absolute Gasteiger partial charge is 0.244 e. The number of benzene rings is 1. The Balaban J connectivity index is 1.92. The lowest BCUT2D eigenvalue weighted by atomic mass is 10.1. The van der Waals surface area contributed by atoms with Gasteiger partial charge in [0.05, 0.1) is 0 Å². The third kappa shape index (κ3) is 2.82. The van der Waals surface area contributed by atoms with Gasteiger partial charge in [-0.15, -0.1) is 0 Å². The van der Waals surface area contributed by atoms with E-state index in [1.807, 2.05) is 18.2 Å². The minimum Gasteiger partial charge on any atom is -0.348 e. The molecule has 1 aromatic carbocycles. The van der Waals surface area contributed by atoms with Crippen LogP contribution in [-0.4, -0.2) is 53.8 Å². The Morgan fingerprint density at radius 2 is 1.96 bits per heavy atom. The van der Waals surface area contributed by atoms with Gasteiger partial charge in [0.1, 0.15) is 5.25 Å². The highest BCUT2D eigenvalue weighted by atomic mass is 32.2. The highest BCUT2D eigenvalue weighted by Gasteiger charge is 2.33. The van der Waals surface area contributed by atoms with Gasteiger partial charge >= 0.3 is 0 Å². The average Bonchev–Trinajstić information content (AvgIpc) is 3.21. The van der Waals surface area contributed by atoms with Crippen LogP contribution in [0.1, 0.15) is 24.5 Å². The van der Waals surface area contributed by atoms with Gasteiger partial charge in [0.2, 0.25) is 20.9 Å². The van der Waals surface area contributed by atoms with Crippen LogP contribution in [0.3, 0.4) is 0 Å². The zero-order valence-corrected chi connectivity index (χ0v) is 14.7. The second kappa shape index (κ2) is 6.01.